The summed E-state index contributed by atoms with van der Waals surface area (Å²) in [7, 11) is 0. The maximum atomic E-state index is 5.71. The summed E-state index contributed by atoms with van der Waals surface area (Å²) in [5.74, 6) is 1.18. The van der Waals surface area contributed by atoms with Crippen molar-refractivity contribution < 1.29 is 0 Å². The third kappa shape index (κ3) is 3.43. The van der Waals surface area contributed by atoms with Gasteiger partial charge in [-0.1, -0.05) is 37.3 Å². The first-order valence-electron chi connectivity index (χ1n) is 5.53. The molecule has 1 atom stereocenters. The molecule has 0 saturated heterocycles. The molecular weight excluding hydrogens is 234 g/mol. The first-order chi connectivity index (χ1) is 8.25. The quantitative estimate of drug-likeness (QED) is 0.842. The molecule has 2 aromatic rings. The number of halogens is 1. The number of rotatable bonds is 4. The fourth-order valence-corrected chi connectivity index (χ4v) is 1.74. The summed E-state index contributed by atoms with van der Waals surface area (Å²) in [5, 5.41) is 3.51. The van der Waals surface area contributed by atoms with Gasteiger partial charge in [-0.15, -0.1) is 0 Å². The molecule has 17 heavy (non-hydrogen) atoms. The first kappa shape index (κ1) is 11.9. The Labute approximate surface area is 106 Å². The minimum Gasteiger partial charge on any atom is -0.369 e. The molecule has 1 heterocycles. The average molecular weight is 248 g/mol. The summed E-state index contributed by atoms with van der Waals surface area (Å²) in [4.78, 5) is 7.92. The lowest BCUT2D eigenvalue weighted by Gasteiger charge is -2.13. The highest BCUT2D eigenvalue weighted by molar-refractivity contribution is 6.28. The van der Waals surface area contributed by atoms with Crippen molar-refractivity contribution in [3.8, 4) is 0 Å². The summed E-state index contributed by atoms with van der Waals surface area (Å²) in [5.41, 5.74) is 1.31. The van der Waals surface area contributed by atoms with Gasteiger partial charge in [-0.25, -0.2) is 9.97 Å². The van der Waals surface area contributed by atoms with Crippen molar-refractivity contribution in [1.82, 2.24) is 9.97 Å². The number of aromatic nitrogens is 2. The highest BCUT2D eigenvalue weighted by Crippen LogP contribution is 2.15. The van der Waals surface area contributed by atoms with Crippen molar-refractivity contribution in [1.29, 1.82) is 0 Å². The second-order valence-electron chi connectivity index (χ2n) is 3.90. The molecule has 2 rings (SSSR count). The number of hydrogen-bond acceptors (Lipinski definition) is 3. The Morgan fingerprint density at radius 2 is 2.00 bits per heavy atom. The van der Waals surface area contributed by atoms with E-state index in [0.29, 0.717) is 5.92 Å². The molecule has 0 unspecified atom stereocenters. The van der Waals surface area contributed by atoms with Crippen LogP contribution in [-0.2, 0) is 0 Å². The zero-order chi connectivity index (χ0) is 12.1. The third-order valence-electron chi connectivity index (χ3n) is 2.58. The van der Waals surface area contributed by atoms with Gasteiger partial charge >= 0.3 is 0 Å². The van der Waals surface area contributed by atoms with Gasteiger partial charge in [0.15, 0.2) is 0 Å². The lowest BCUT2D eigenvalue weighted by atomic mass is 10.0. The van der Waals surface area contributed by atoms with E-state index in [-0.39, 0.29) is 5.28 Å². The fourth-order valence-electron chi connectivity index (χ4n) is 1.59. The van der Waals surface area contributed by atoms with E-state index in [4.69, 9.17) is 11.6 Å². The van der Waals surface area contributed by atoms with E-state index >= 15 is 0 Å². The van der Waals surface area contributed by atoms with Crippen LogP contribution in [0.15, 0.2) is 42.6 Å². The fraction of sp³-hybridized carbons (Fsp3) is 0.231. The van der Waals surface area contributed by atoms with Crippen LogP contribution >= 0.6 is 11.6 Å². The molecular formula is C13H14ClN3. The standard InChI is InChI=1S/C13H14ClN3/c1-10(11-5-3-2-4-6-11)9-16-12-7-8-15-13(14)17-12/h2-8,10H,9H2,1H3,(H,15,16,17)/t10-/m0/s1. The zero-order valence-corrected chi connectivity index (χ0v) is 10.4. The van der Waals surface area contributed by atoms with E-state index in [0.717, 1.165) is 12.4 Å². The maximum absolute atomic E-state index is 5.71. The highest BCUT2D eigenvalue weighted by Gasteiger charge is 2.04. The summed E-state index contributed by atoms with van der Waals surface area (Å²) in [6.45, 7) is 2.99. The van der Waals surface area contributed by atoms with Gasteiger partial charge in [0.25, 0.3) is 0 Å². The molecule has 1 aromatic carbocycles. The Kier molecular flexibility index (Phi) is 3.94. The third-order valence-corrected chi connectivity index (χ3v) is 2.77. The molecule has 0 bridgehead atoms. The monoisotopic (exact) mass is 247 g/mol. The molecule has 0 radical (unpaired) electrons. The molecule has 0 spiro atoms. The SMILES string of the molecule is C[C@@H](CNc1ccnc(Cl)n1)c1ccccc1. The van der Waals surface area contributed by atoms with Gasteiger partial charge in [-0.05, 0) is 29.1 Å². The summed E-state index contributed by atoms with van der Waals surface area (Å²) >= 11 is 5.71. The van der Waals surface area contributed by atoms with E-state index in [2.05, 4.69) is 34.3 Å². The predicted octanol–water partition coefficient (Wildman–Crippen LogP) is 3.35. The van der Waals surface area contributed by atoms with Gasteiger partial charge in [0.2, 0.25) is 5.28 Å². The number of hydrogen-bond donors (Lipinski definition) is 1. The van der Waals surface area contributed by atoms with Gasteiger partial charge in [0.1, 0.15) is 5.82 Å². The van der Waals surface area contributed by atoms with Crippen LogP contribution in [0.4, 0.5) is 5.82 Å². The minimum atomic E-state index is 0.266. The van der Waals surface area contributed by atoms with Crippen LogP contribution < -0.4 is 5.32 Å². The molecule has 0 fully saturated rings. The van der Waals surface area contributed by atoms with Crippen molar-refractivity contribution in [2.24, 2.45) is 0 Å². The van der Waals surface area contributed by atoms with Crippen molar-refractivity contribution >= 4 is 17.4 Å². The van der Waals surface area contributed by atoms with E-state index in [1.54, 1.807) is 6.20 Å². The highest BCUT2D eigenvalue weighted by atomic mass is 35.5. The van der Waals surface area contributed by atoms with Crippen molar-refractivity contribution in [3.63, 3.8) is 0 Å². The molecule has 0 aliphatic carbocycles. The normalized spacial score (nSPS) is 12.1. The van der Waals surface area contributed by atoms with Gasteiger partial charge in [0, 0.05) is 12.7 Å². The molecule has 0 saturated carbocycles. The minimum absolute atomic E-state index is 0.266. The summed E-state index contributed by atoms with van der Waals surface area (Å²) < 4.78 is 0. The number of benzene rings is 1. The Morgan fingerprint density at radius 1 is 1.24 bits per heavy atom. The summed E-state index contributed by atoms with van der Waals surface area (Å²) in [6.07, 6.45) is 1.64. The van der Waals surface area contributed by atoms with Gasteiger partial charge in [-0.3, -0.25) is 0 Å². The maximum Gasteiger partial charge on any atom is 0.224 e. The molecule has 3 nitrogen and oxygen atoms in total. The molecule has 0 aliphatic rings. The van der Waals surface area contributed by atoms with E-state index < -0.39 is 0 Å². The first-order valence-corrected chi connectivity index (χ1v) is 5.91. The van der Waals surface area contributed by atoms with Crippen LogP contribution in [0, 0.1) is 0 Å². The molecule has 1 aromatic heterocycles. The van der Waals surface area contributed by atoms with Gasteiger partial charge < -0.3 is 5.32 Å². The number of nitrogens with zero attached hydrogens (tertiary/aromatic N) is 2. The van der Waals surface area contributed by atoms with E-state index in [1.807, 2.05) is 24.3 Å². The van der Waals surface area contributed by atoms with Crippen LogP contribution in [0.1, 0.15) is 18.4 Å². The van der Waals surface area contributed by atoms with Crippen LogP contribution in [0.2, 0.25) is 5.28 Å². The topological polar surface area (TPSA) is 37.8 Å². The lowest BCUT2D eigenvalue weighted by molar-refractivity contribution is 0.801. The number of anilines is 1. The average Bonchev–Trinajstić information content (AvgIpc) is 2.37. The largest absolute Gasteiger partial charge is 0.369 e. The Hall–Kier alpha value is -1.61. The van der Waals surface area contributed by atoms with Crippen LogP contribution in [0.5, 0.6) is 0 Å². The van der Waals surface area contributed by atoms with Crippen molar-refractivity contribution in [2.45, 2.75) is 12.8 Å². The smallest absolute Gasteiger partial charge is 0.224 e. The molecule has 0 aliphatic heterocycles. The molecule has 4 heteroatoms. The second kappa shape index (κ2) is 5.64. The zero-order valence-electron chi connectivity index (χ0n) is 9.60. The Morgan fingerprint density at radius 3 is 2.71 bits per heavy atom. The molecule has 1 N–H and O–H groups in total. The van der Waals surface area contributed by atoms with E-state index in [9.17, 15) is 0 Å². The van der Waals surface area contributed by atoms with E-state index in [1.165, 1.54) is 5.56 Å². The van der Waals surface area contributed by atoms with Crippen molar-refractivity contribution in [3.05, 3.63) is 53.4 Å². The number of nitrogens with one attached hydrogen (secondary N) is 1. The van der Waals surface area contributed by atoms with Gasteiger partial charge in [0.05, 0.1) is 0 Å². The van der Waals surface area contributed by atoms with Crippen molar-refractivity contribution in [2.75, 3.05) is 11.9 Å². The lowest BCUT2D eigenvalue weighted by Crippen LogP contribution is -2.10. The Balaban J connectivity index is 1.95. The Bertz CT molecular complexity index is 473. The van der Waals surface area contributed by atoms with Crippen LogP contribution in [0.25, 0.3) is 0 Å². The van der Waals surface area contributed by atoms with Gasteiger partial charge in [-0.2, -0.15) is 0 Å². The molecule has 88 valence electrons. The second-order valence-corrected chi connectivity index (χ2v) is 4.24. The predicted molar refractivity (Wildman–Crippen MR) is 70.4 cm³/mol. The van der Waals surface area contributed by atoms with Crippen LogP contribution in [0.3, 0.4) is 0 Å². The summed E-state index contributed by atoms with van der Waals surface area (Å²) in [6, 6.07) is 12.2. The van der Waals surface area contributed by atoms with Crippen LogP contribution in [-0.4, -0.2) is 16.5 Å². The molecule has 0 amide bonds.